The maximum absolute atomic E-state index is 14.8. The third-order valence-corrected chi connectivity index (χ3v) is 11.1. The lowest BCUT2D eigenvalue weighted by Crippen LogP contribution is -2.39. The fourth-order valence-corrected chi connectivity index (χ4v) is 8.17. The average molecular weight is 564 g/mol. The highest BCUT2D eigenvalue weighted by Gasteiger charge is 2.59. The van der Waals surface area contributed by atoms with Crippen LogP contribution in [0.2, 0.25) is 5.15 Å². The van der Waals surface area contributed by atoms with E-state index < -0.39 is 24.6 Å². The third-order valence-electron chi connectivity index (χ3n) is 7.18. The van der Waals surface area contributed by atoms with Crippen LogP contribution in [-0.2, 0) is 25.8 Å². The molecule has 1 fully saturated rings. The molecule has 204 valence electrons. The first-order chi connectivity index (χ1) is 18.2. The molecular weight excluding hydrogens is 530 g/mol. The normalized spacial score (nSPS) is 16.6. The van der Waals surface area contributed by atoms with E-state index in [9.17, 15) is 9.00 Å². The molecule has 1 unspecified atom stereocenters. The van der Waals surface area contributed by atoms with E-state index in [4.69, 9.17) is 16.6 Å². The van der Waals surface area contributed by atoms with E-state index in [0.717, 1.165) is 16.6 Å². The van der Waals surface area contributed by atoms with Crippen LogP contribution >= 0.6 is 11.6 Å². The Morgan fingerprint density at radius 1 is 1.05 bits per heavy atom. The van der Waals surface area contributed by atoms with Gasteiger partial charge in [0.05, 0.1) is 20.2 Å². The van der Waals surface area contributed by atoms with Crippen LogP contribution in [-0.4, -0.2) is 34.4 Å². The van der Waals surface area contributed by atoms with Gasteiger partial charge >= 0.3 is 0 Å². The molecule has 3 heterocycles. The lowest BCUT2D eigenvalue weighted by atomic mass is 9.96. The highest BCUT2D eigenvalue weighted by atomic mass is 35.5. The van der Waals surface area contributed by atoms with Crippen LogP contribution < -0.4 is 0 Å². The molecule has 0 aliphatic heterocycles. The van der Waals surface area contributed by atoms with Crippen molar-refractivity contribution in [2.75, 3.05) is 0 Å². The number of nitrogens with zero attached hydrogens (tertiary/aromatic N) is 5. The van der Waals surface area contributed by atoms with Crippen LogP contribution in [0.15, 0.2) is 65.3 Å². The number of carbonyl (C=O) groups is 1. The number of pyridine rings is 1. The predicted molar refractivity (Wildman–Crippen MR) is 157 cm³/mol. The van der Waals surface area contributed by atoms with Gasteiger partial charge in [-0.3, -0.25) is 4.79 Å². The number of aromatic nitrogens is 4. The van der Waals surface area contributed by atoms with Gasteiger partial charge in [-0.25, -0.2) is 19.2 Å². The quantitative estimate of drug-likeness (QED) is 0.243. The largest absolute Gasteiger partial charge is 0.328 e. The molecule has 5 rings (SSSR count). The van der Waals surface area contributed by atoms with Crippen molar-refractivity contribution in [2.45, 2.75) is 70.4 Å². The lowest BCUT2D eigenvalue weighted by Gasteiger charge is -2.32. The maximum Gasteiger partial charge on any atom is 0.259 e. The van der Waals surface area contributed by atoms with Gasteiger partial charge in [-0.1, -0.05) is 62.7 Å². The Labute approximate surface area is 235 Å². The molecule has 1 aliphatic carbocycles. The zero-order valence-electron chi connectivity index (χ0n) is 23.2. The Kier molecular flexibility index (Phi) is 6.71. The first-order valence-corrected chi connectivity index (χ1v) is 15.0. The van der Waals surface area contributed by atoms with Gasteiger partial charge in [0.15, 0.2) is 5.82 Å². The highest BCUT2D eigenvalue weighted by molar-refractivity contribution is 7.96. The predicted octanol–water partition coefficient (Wildman–Crippen LogP) is 7.02. The van der Waals surface area contributed by atoms with E-state index >= 15 is 0 Å². The molecule has 39 heavy (non-hydrogen) atoms. The summed E-state index contributed by atoms with van der Waals surface area (Å²) in [6.07, 6.45) is 4.96. The summed E-state index contributed by atoms with van der Waals surface area (Å²) in [6.45, 7) is 11.7. The van der Waals surface area contributed by atoms with Gasteiger partial charge in [0.1, 0.15) is 10.8 Å². The summed E-state index contributed by atoms with van der Waals surface area (Å²) in [6, 6.07) is 15.8. The SMILES string of the molecule is CC(C)(C)C(=O)N=S(=O)(C(C)(C)C)C1(c2cc(Cl)nc(-c3ccnc4c3ccn4Cc3ccccc3)n2)CC1. The zero-order chi connectivity index (χ0) is 28.2. The van der Waals surface area contributed by atoms with Crippen LogP contribution in [0.25, 0.3) is 22.4 Å². The monoisotopic (exact) mass is 563 g/mol. The number of rotatable bonds is 5. The van der Waals surface area contributed by atoms with Crippen molar-refractivity contribution in [3.05, 3.63) is 77.3 Å². The minimum Gasteiger partial charge on any atom is -0.328 e. The molecular formula is C30H34ClN5O2S. The van der Waals surface area contributed by atoms with Gasteiger partial charge in [0.2, 0.25) is 0 Å². The van der Waals surface area contributed by atoms with Gasteiger partial charge in [-0.05, 0) is 57.4 Å². The van der Waals surface area contributed by atoms with Crippen LogP contribution in [0, 0.1) is 5.41 Å². The second-order valence-corrected chi connectivity index (χ2v) is 15.8. The smallest absolute Gasteiger partial charge is 0.259 e. The van der Waals surface area contributed by atoms with Crippen LogP contribution in [0.3, 0.4) is 0 Å². The van der Waals surface area contributed by atoms with Gasteiger partial charge in [-0.2, -0.15) is 4.36 Å². The second kappa shape index (κ2) is 9.52. The van der Waals surface area contributed by atoms with Gasteiger partial charge in [-0.15, -0.1) is 0 Å². The van der Waals surface area contributed by atoms with Crippen LogP contribution in [0.4, 0.5) is 0 Å². The zero-order valence-corrected chi connectivity index (χ0v) is 24.8. The molecule has 4 aromatic rings. The van der Waals surface area contributed by atoms with E-state index in [1.807, 2.05) is 57.3 Å². The van der Waals surface area contributed by atoms with Gasteiger partial charge < -0.3 is 4.57 Å². The van der Waals surface area contributed by atoms with Gasteiger partial charge in [0.25, 0.3) is 5.91 Å². The molecule has 1 amide bonds. The number of fused-ring (bicyclic) bond motifs is 1. The number of carbonyl (C=O) groups excluding carboxylic acids is 1. The highest BCUT2D eigenvalue weighted by Crippen LogP contribution is 2.57. The fourth-order valence-electron chi connectivity index (χ4n) is 4.82. The standard InChI is InChI=1S/C30H34ClN5O2S/c1-28(2,3)27(37)35-39(38,29(4,5)6)30(14-15-30)23-18-24(31)34-25(33-23)21-12-16-32-26-22(21)13-17-36(26)19-20-10-8-7-9-11-20/h7-13,16-18H,14-15,19H2,1-6H3. The van der Waals surface area contributed by atoms with Crippen molar-refractivity contribution < 1.29 is 9.00 Å². The minimum atomic E-state index is -3.09. The van der Waals surface area contributed by atoms with Crippen molar-refractivity contribution in [3.63, 3.8) is 0 Å². The topological polar surface area (TPSA) is 90.1 Å². The molecule has 0 N–H and O–H groups in total. The number of hydrogen-bond acceptors (Lipinski definition) is 5. The molecule has 9 heteroatoms. The van der Waals surface area contributed by atoms with Crippen LogP contribution in [0.5, 0.6) is 0 Å². The van der Waals surface area contributed by atoms with Crippen molar-refractivity contribution in [2.24, 2.45) is 9.78 Å². The Morgan fingerprint density at radius 3 is 2.36 bits per heavy atom. The first-order valence-electron chi connectivity index (χ1n) is 13.1. The number of amides is 1. The summed E-state index contributed by atoms with van der Waals surface area (Å²) in [4.78, 5) is 27.2. The summed E-state index contributed by atoms with van der Waals surface area (Å²) in [5.41, 5.74) is 2.60. The summed E-state index contributed by atoms with van der Waals surface area (Å²) in [5, 5.41) is 1.16. The van der Waals surface area contributed by atoms with E-state index in [1.54, 1.807) is 33.0 Å². The van der Waals surface area contributed by atoms with Crippen molar-refractivity contribution in [1.29, 1.82) is 0 Å². The molecule has 7 nitrogen and oxygen atoms in total. The molecule has 0 bridgehead atoms. The Hall–Kier alpha value is -3.10. The molecule has 1 aliphatic rings. The molecule has 1 atom stereocenters. The molecule has 3 aromatic heterocycles. The molecule has 1 saturated carbocycles. The first kappa shape index (κ1) is 27.5. The minimum absolute atomic E-state index is 0.257. The van der Waals surface area contributed by atoms with E-state index in [-0.39, 0.29) is 11.1 Å². The van der Waals surface area contributed by atoms with Gasteiger partial charge in [0, 0.05) is 40.1 Å². The summed E-state index contributed by atoms with van der Waals surface area (Å²) in [5.74, 6) is 0.0658. The third kappa shape index (κ3) is 4.89. The Balaban J connectivity index is 1.63. The number of hydrogen-bond donors (Lipinski definition) is 0. The molecule has 1 aromatic carbocycles. The molecule has 0 radical (unpaired) electrons. The van der Waals surface area contributed by atoms with E-state index in [2.05, 4.69) is 31.0 Å². The van der Waals surface area contributed by atoms with Crippen LogP contribution in [0.1, 0.15) is 65.6 Å². The average Bonchev–Trinajstić information content (AvgIpc) is 3.59. The van der Waals surface area contributed by atoms with E-state index in [0.29, 0.717) is 30.9 Å². The fraction of sp³-hybridized carbons (Fsp3) is 0.400. The summed E-state index contributed by atoms with van der Waals surface area (Å²) < 4.78 is 19.7. The summed E-state index contributed by atoms with van der Waals surface area (Å²) >= 11 is 6.58. The molecule has 0 saturated heterocycles. The van der Waals surface area contributed by atoms with E-state index in [1.165, 1.54) is 5.56 Å². The van der Waals surface area contributed by atoms with Crippen molar-refractivity contribution in [1.82, 2.24) is 19.5 Å². The van der Waals surface area contributed by atoms with Crippen molar-refractivity contribution >= 4 is 38.3 Å². The summed E-state index contributed by atoms with van der Waals surface area (Å²) in [7, 11) is -3.09. The Bertz CT molecular complexity index is 1690. The lowest BCUT2D eigenvalue weighted by molar-refractivity contribution is -0.124. The van der Waals surface area contributed by atoms with Crippen molar-refractivity contribution in [3.8, 4) is 11.4 Å². The number of benzene rings is 1. The molecule has 0 spiro atoms. The number of halogens is 1. The maximum atomic E-state index is 14.8. The second-order valence-electron chi connectivity index (χ2n) is 12.2. The Morgan fingerprint density at radius 2 is 1.74 bits per heavy atom.